The summed E-state index contributed by atoms with van der Waals surface area (Å²) in [5.41, 5.74) is 1.03. The monoisotopic (exact) mass is 443 g/mol. The highest BCUT2D eigenvalue weighted by molar-refractivity contribution is 7.93. The number of ether oxygens (including phenoxy) is 2. The lowest BCUT2D eigenvalue weighted by molar-refractivity contribution is 0.0592. The van der Waals surface area contributed by atoms with Crippen molar-refractivity contribution in [1.82, 2.24) is 0 Å². The molecule has 1 aliphatic carbocycles. The van der Waals surface area contributed by atoms with Crippen LogP contribution in [0.15, 0.2) is 23.1 Å². The summed E-state index contributed by atoms with van der Waals surface area (Å²) in [5.74, 6) is -1.33. The third kappa shape index (κ3) is 3.87. The molecule has 150 valence electrons. The number of carbonyl (C=O) groups excluding carboxylic acids is 2. The SMILES string of the molecule is COC(=O)c1cc(S(=O)(=O)Nc2sc3c(c2C(=O)OC)CCCC3)ccc1Cl. The number of hydrogen-bond acceptors (Lipinski definition) is 7. The van der Waals surface area contributed by atoms with Crippen molar-refractivity contribution in [2.75, 3.05) is 18.9 Å². The Morgan fingerprint density at radius 2 is 1.79 bits per heavy atom. The third-order valence-corrected chi connectivity index (χ3v) is 7.45. The van der Waals surface area contributed by atoms with Crippen molar-refractivity contribution in [3.05, 3.63) is 44.8 Å². The zero-order valence-corrected chi connectivity index (χ0v) is 17.6. The standard InChI is InChI=1S/C18H18ClNO6S2/c1-25-17(21)12-9-10(7-8-13(12)19)28(23,24)20-16-15(18(22)26-2)11-5-3-4-6-14(11)27-16/h7-9,20H,3-6H2,1-2H3. The summed E-state index contributed by atoms with van der Waals surface area (Å²) in [6, 6.07) is 3.73. The lowest BCUT2D eigenvalue weighted by Crippen LogP contribution is -2.16. The first kappa shape index (κ1) is 20.6. The largest absolute Gasteiger partial charge is 0.465 e. The molecule has 0 atom stereocenters. The summed E-state index contributed by atoms with van der Waals surface area (Å²) < 4.78 is 37.8. The molecule has 1 N–H and O–H groups in total. The fraction of sp³-hybridized carbons (Fsp3) is 0.333. The highest BCUT2D eigenvalue weighted by Crippen LogP contribution is 2.39. The molecular formula is C18H18ClNO6S2. The fourth-order valence-corrected chi connectivity index (χ4v) is 5.88. The minimum Gasteiger partial charge on any atom is -0.465 e. The molecule has 0 unspecified atom stereocenters. The van der Waals surface area contributed by atoms with E-state index in [2.05, 4.69) is 9.46 Å². The molecule has 0 saturated carbocycles. The van der Waals surface area contributed by atoms with Crippen LogP contribution < -0.4 is 4.72 Å². The number of aryl methyl sites for hydroxylation is 1. The van der Waals surface area contributed by atoms with E-state index >= 15 is 0 Å². The van der Waals surface area contributed by atoms with Crippen LogP contribution in [0.25, 0.3) is 0 Å². The smallest absolute Gasteiger partial charge is 0.341 e. The quantitative estimate of drug-likeness (QED) is 0.708. The van der Waals surface area contributed by atoms with E-state index in [1.54, 1.807) is 0 Å². The second-order valence-corrected chi connectivity index (χ2v) is 9.34. The number of esters is 2. The summed E-state index contributed by atoms with van der Waals surface area (Å²) in [7, 11) is -1.64. The van der Waals surface area contributed by atoms with Gasteiger partial charge in [-0.05, 0) is 49.4 Å². The topological polar surface area (TPSA) is 98.8 Å². The number of sulfonamides is 1. The molecular weight excluding hydrogens is 426 g/mol. The summed E-state index contributed by atoms with van der Waals surface area (Å²) in [6.07, 6.45) is 3.41. The molecule has 10 heteroatoms. The third-order valence-electron chi connectivity index (χ3n) is 4.44. The first-order valence-electron chi connectivity index (χ1n) is 8.42. The molecule has 1 aromatic carbocycles. The van der Waals surface area contributed by atoms with Crippen LogP contribution in [0, 0.1) is 0 Å². The molecule has 0 radical (unpaired) electrons. The van der Waals surface area contributed by atoms with E-state index < -0.39 is 22.0 Å². The Balaban J connectivity index is 2.03. The van der Waals surface area contributed by atoms with Crippen LogP contribution in [-0.2, 0) is 32.3 Å². The van der Waals surface area contributed by atoms with E-state index in [-0.39, 0.29) is 26.0 Å². The van der Waals surface area contributed by atoms with Crippen molar-refractivity contribution >= 4 is 49.9 Å². The van der Waals surface area contributed by atoms with Crippen molar-refractivity contribution in [3.63, 3.8) is 0 Å². The first-order valence-corrected chi connectivity index (χ1v) is 11.1. The number of nitrogens with one attached hydrogen (secondary N) is 1. The molecule has 1 aliphatic rings. The van der Waals surface area contributed by atoms with Gasteiger partial charge in [0.1, 0.15) is 5.00 Å². The van der Waals surface area contributed by atoms with Gasteiger partial charge in [0.25, 0.3) is 10.0 Å². The highest BCUT2D eigenvalue weighted by atomic mass is 35.5. The van der Waals surface area contributed by atoms with Gasteiger partial charge in [0.2, 0.25) is 0 Å². The van der Waals surface area contributed by atoms with Crippen molar-refractivity contribution in [1.29, 1.82) is 0 Å². The second-order valence-electron chi connectivity index (χ2n) is 6.15. The summed E-state index contributed by atoms with van der Waals surface area (Å²) in [5, 5.41) is 0.293. The van der Waals surface area contributed by atoms with E-state index in [1.165, 1.54) is 37.7 Å². The number of fused-ring (bicyclic) bond motifs is 1. The Labute approximate surface area is 171 Å². The van der Waals surface area contributed by atoms with Gasteiger partial charge >= 0.3 is 11.9 Å². The molecule has 0 fully saturated rings. The lowest BCUT2D eigenvalue weighted by Gasteiger charge is -2.12. The van der Waals surface area contributed by atoms with Crippen molar-refractivity contribution in [2.24, 2.45) is 0 Å². The molecule has 0 amide bonds. The molecule has 7 nitrogen and oxygen atoms in total. The molecule has 1 aromatic heterocycles. The number of carbonyl (C=O) groups is 2. The Morgan fingerprint density at radius 3 is 2.46 bits per heavy atom. The van der Waals surface area contributed by atoms with Crippen LogP contribution in [0.4, 0.5) is 5.00 Å². The van der Waals surface area contributed by atoms with Gasteiger partial charge in [-0.2, -0.15) is 0 Å². The summed E-state index contributed by atoms with van der Waals surface area (Å²) >= 11 is 7.20. The molecule has 0 saturated heterocycles. The van der Waals surface area contributed by atoms with Gasteiger partial charge in [-0.15, -0.1) is 11.3 Å². The van der Waals surface area contributed by atoms with E-state index in [4.69, 9.17) is 16.3 Å². The fourth-order valence-electron chi connectivity index (χ4n) is 3.07. The predicted molar refractivity (Wildman–Crippen MR) is 106 cm³/mol. The van der Waals surface area contributed by atoms with E-state index in [9.17, 15) is 18.0 Å². The number of halogens is 1. The Bertz CT molecular complexity index is 1040. The Kier molecular flexibility index (Phi) is 5.97. The van der Waals surface area contributed by atoms with Gasteiger partial charge in [-0.1, -0.05) is 11.6 Å². The average Bonchev–Trinajstić information content (AvgIpc) is 3.04. The van der Waals surface area contributed by atoms with Crippen LogP contribution in [0.2, 0.25) is 5.02 Å². The number of methoxy groups -OCH3 is 2. The number of hydrogen-bond donors (Lipinski definition) is 1. The van der Waals surface area contributed by atoms with Crippen LogP contribution in [-0.4, -0.2) is 34.6 Å². The van der Waals surface area contributed by atoms with Gasteiger partial charge in [0.15, 0.2) is 0 Å². The van der Waals surface area contributed by atoms with Crippen LogP contribution in [0.1, 0.15) is 44.0 Å². The minimum absolute atomic E-state index is 0.0642. The lowest BCUT2D eigenvalue weighted by atomic mass is 9.95. The zero-order valence-electron chi connectivity index (χ0n) is 15.2. The molecule has 3 rings (SSSR count). The predicted octanol–water partition coefficient (Wildman–Crippen LogP) is 3.65. The van der Waals surface area contributed by atoms with Gasteiger partial charge in [0, 0.05) is 4.88 Å². The molecule has 0 bridgehead atoms. The van der Waals surface area contributed by atoms with E-state index in [0.717, 1.165) is 35.8 Å². The highest BCUT2D eigenvalue weighted by Gasteiger charge is 2.29. The molecule has 2 aromatic rings. The molecule has 0 aliphatic heterocycles. The van der Waals surface area contributed by atoms with Gasteiger partial charge in [-0.25, -0.2) is 18.0 Å². The van der Waals surface area contributed by atoms with Crippen LogP contribution in [0.3, 0.4) is 0 Å². The number of anilines is 1. The summed E-state index contributed by atoms with van der Waals surface area (Å²) in [4.78, 5) is 24.9. The number of benzene rings is 1. The Morgan fingerprint density at radius 1 is 1.11 bits per heavy atom. The van der Waals surface area contributed by atoms with E-state index in [1.807, 2.05) is 0 Å². The summed E-state index contributed by atoms with van der Waals surface area (Å²) in [6.45, 7) is 0. The van der Waals surface area contributed by atoms with Crippen LogP contribution >= 0.6 is 22.9 Å². The maximum Gasteiger partial charge on any atom is 0.341 e. The number of thiophene rings is 1. The second kappa shape index (κ2) is 8.10. The van der Waals surface area contributed by atoms with Gasteiger partial charge < -0.3 is 9.47 Å². The first-order chi connectivity index (χ1) is 13.3. The minimum atomic E-state index is -4.07. The van der Waals surface area contributed by atoms with Crippen molar-refractivity contribution in [2.45, 2.75) is 30.6 Å². The van der Waals surface area contributed by atoms with Crippen molar-refractivity contribution < 1.29 is 27.5 Å². The van der Waals surface area contributed by atoms with Crippen LogP contribution in [0.5, 0.6) is 0 Å². The molecule has 0 spiro atoms. The Hall–Kier alpha value is -2.10. The van der Waals surface area contributed by atoms with Gasteiger partial charge in [0.05, 0.1) is 35.3 Å². The molecule has 1 heterocycles. The normalized spacial score (nSPS) is 13.5. The average molecular weight is 444 g/mol. The maximum atomic E-state index is 12.9. The van der Waals surface area contributed by atoms with Gasteiger partial charge in [-0.3, -0.25) is 4.72 Å². The zero-order chi connectivity index (χ0) is 20.5. The van der Waals surface area contributed by atoms with Crippen molar-refractivity contribution in [3.8, 4) is 0 Å². The molecule has 28 heavy (non-hydrogen) atoms. The van der Waals surface area contributed by atoms with E-state index in [0.29, 0.717) is 6.42 Å². The number of rotatable bonds is 5. The maximum absolute atomic E-state index is 12.9.